The third-order valence-corrected chi connectivity index (χ3v) is 3.44. The third-order valence-electron chi connectivity index (χ3n) is 2.34. The fourth-order valence-electron chi connectivity index (χ4n) is 1.38. The number of nitrogens with two attached hydrogens (primary N) is 1. The summed E-state index contributed by atoms with van der Waals surface area (Å²) in [6.07, 6.45) is 0. The molecule has 0 atom stereocenters. The first kappa shape index (κ1) is 13.7. The molecule has 1 aromatic carbocycles. The number of hydrogen-bond donors (Lipinski definition) is 2. The summed E-state index contributed by atoms with van der Waals surface area (Å²) in [5.74, 6) is -0.230. The number of rotatable bonds is 4. The summed E-state index contributed by atoms with van der Waals surface area (Å²) >= 11 is 1.14. The van der Waals surface area contributed by atoms with Crippen LogP contribution < -0.4 is 5.73 Å². The smallest absolute Gasteiger partial charge is 0.270 e. The van der Waals surface area contributed by atoms with Crippen molar-refractivity contribution >= 4 is 23.3 Å². The number of non-ortho nitro benzene ring substituents is 1. The van der Waals surface area contributed by atoms with E-state index in [4.69, 9.17) is 10.9 Å². The fraction of sp³-hybridized carbons (Fsp3) is 0.111. The van der Waals surface area contributed by atoms with Crippen LogP contribution in [-0.2, 0) is 7.05 Å². The maximum Gasteiger partial charge on any atom is 0.270 e. The van der Waals surface area contributed by atoms with E-state index in [-0.39, 0.29) is 17.1 Å². The van der Waals surface area contributed by atoms with Crippen molar-refractivity contribution in [2.45, 2.75) is 10.1 Å². The number of amidine groups is 1. The van der Waals surface area contributed by atoms with Gasteiger partial charge in [0.05, 0.1) is 4.92 Å². The summed E-state index contributed by atoms with van der Waals surface area (Å²) in [7, 11) is 1.65. The van der Waals surface area contributed by atoms with E-state index in [2.05, 4.69) is 20.7 Å². The number of oxime groups is 1. The molecule has 104 valence electrons. The summed E-state index contributed by atoms with van der Waals surface area (Å²) in [6.45, 7) is 0. The van der Waals surface area contributed by atoms with E-state index < -0.39 is 4.92 Å². The predicted molar refractivity (Wildman–Crippen MR) is 68.5 cm³/mol. The SMILES string of the molecule is Cn1nnnc1Sc1ccc([N+](=O)[O-])cc1C(N)=NO. The number of nitro benzene ring substituents is 1. The summed E-state index contributed by atoms with van der Waals surface area (Å²) in [5, 5.41) is 33.8. The molecule has 20 heavy (non-hydrogen) atoms. The van der Waals surface area contributed by atoms with E-state index in [1.807, 2.05) is 0 Å². The molecule has 0 aliphatic carbocycles. The van der Waals surface area contributed by atoms with E-state index >= 15 is 0 Å². The number of hydrogen-bond acceptors (Lipinski definition) is 8. The maximum absolute atomic E-state index is 10.8. The lowest BCUT2D eigenvalue weighted by Gasteiger charge is -2.06. The van der Waals surface area contributed by atoms with Gasteiger partial charge in [0.1, 0.15) is 0 Å². The van der Waals surface area contributed by atoms with Crippen molar-refractivity contribution in [3.05, 3.63) is 33.9 Å². The molecule has 0 spiro atoms. The first-order valence-electron chi connectivity index (χ1n) is 5.19. The highest BCUT2D eigenvalue weighted by atomic mass is 32.2. The molecule has 1 heterocycles. The summed E-state index contributed by atoms with van der Waals surface area (Å²) in [5.41, 5.74) is 5.61. The number of benzene rings is 1. The monoisotopic (exact) mass is 295 g/mol. The van der Waals surface area contributed by atoms with Crippen molar-refractivity contribution in [3.63, 3.8) is 0 Å². The molecule has 2 rings (SSSR count). The molecule has 0 fully saturated rings. The van der Waals surface area contributed by atoms with Gasteiger partial charge in [-0.05, 0) is 28.3 Å². The maximum atomic E-state index is 10.8. The lowest BCUT2D eigenvalue weighted by atomic mass is 10.2. The van der Waals surface area contributed by atoms with Crippen LogP contribution in [0.4, 0.5) is 5.69 Å². The Morgan fingerprint density at radius 3 is 2.90 bits per heavy atom. The van der Waals surface area contributed by atoms with Crippen molar-refractivity contribution in [2.75, 3.05) is 0 Å². The van der Waals surface area contributed by atoms with Gasteiger partial charge in [-0.1, -0.05) is 5.16 Å². The van der Waals surface area contributed by atoms with E-state index in [1.54, 1.807) is 7.05 Å². The van der Waals surface area contributed by atoms with Crippen LogP contribution in [0.3, 0.4) is 0 Å². The Bertz CT molecular complexity index is 684. The number of aryl methyl sites for hydroxylation is 1. The fourth-order valence-corrected chi connectivity index (χ4v) is 2.23. The Hall–Kier alpha value is -2.69. The largest absolute Gasteiger partial charge is 0.409 e. The van der Waals surface area contributed by atoms with Gasteiger partial charge >= 0.3 is 0 Å². The molecular weight excluding hydrogens is 286 g/mol. The van der Waals surface area contributed by atoms with Crippen LogP contribution in [0.15, 0.2) is 33.4 Å². The van der Waals surface area contributed by atoms with Crippen molar-refractivity contribution in [3.8, 4) is 0 Å². The average Bonchev–Trinajstić information content (AvgIpc) is 2.83. The number of nitro groups is 1. The van der Waals surface area contributed by atoms with Gasteiger partial charge < -0.3 is 10.9 Å². The molecule has 0 bridgehead atoms. The van der Waals surface area contributed by atoms with Gasteiger partial charge in [0, 0.05) is 29.6 Å². The van der Waals surface area contributed by atoms with Gasteiger partial charge in [0.15, 0.2) is 5.84 Å². The van der Waals surface area contributed by atoms with Gasteiger partial charge in [0.2, 0.25) is 5.16 Å². The average molecular weight is 295 g/mol. The van der Waals surface area contributed by atoms with Crippen LogP contribution in [0.25, 0.3) is 0 Å². The molecule has 11 heteroatoms. The minimum absolute atomic E-state index is 0.160. The van der Waals surface area contributed by atoms with Crippen LogP contribution in [0.2, 0.25) is 0 Å². The first-order valence-corrected chi connectivity index (χ1v) is 6.01. The topological polar surface area (TPSA) is 145 Å². The predicted octanol–water partition coefficient (Wildman–Crippen LogP) is 0.364. The molecule has 2 aromatic rings. The molecule has 0 aliphatic rings. The normalized spacial score (nSPS) is 11.6. The molecule has 0 saturated heterocycles. The van der Waals surface area contributed by atoms with E-state index in [1.165, 1.54) is 22.9 Å². The quantitative estimate of drug-likeness (QED) is 0.270. The first-order chi connectivity index (χ1) is 9.52. The van der Waals surface area contributed by atoms with Crippen LogP contribution in [0, 0.1) is 10.1 Å². The van der Waals surface area contributed by atoms with Crippen molar-refractivity contribution in [2.24, 2.45) is 17.9 Å². The van der Waals surface area contributed by atoms with Gasteiger partial charge in [0.25, 0.3) is 5.69 Å². The second-order valence-electron chi connectivity index (χ2n) is 3.61. The van der Waals surface area contributed by atoms with Gasteiger partial charge in [-0.15, -0.1) is 5.10 Å². The number of tetrazole rings is 1. The summed E-state index contributed by atoms with van der Waals surface area (Å²) < 4.78 is 1.43. The van der Waals surface area contributed by atoms with Crippen LogP contribution in [0.5, 0.6) is 0 Å². The minimum Gasteiger partial charge on any atom is -0.409 e. The molecular formula is C9H9N7O3S. The minimum atomic E-state index is -0.563. The van der Waals surface area contributed by atoms with Crippen molar-refractivity contribution in [1.82, 2.24) is 20.2 Å². The molecule has 0 unspecified atom stereocenters. The molecule has 1 aromatic heterocycles. The molecule has 0 radical (unpaired) electrons. The highest BCUT2D eigenvalue weighted by Gasteiger charge is 2.16. The molecule has 10 nitrogen and oxygen atoms in total. The Balaban J connectivity index is 2.47. The molecule has 0 aliphatic heterocycles. The summed E-state index contributed by atoms with van der Waals surface area (Å²) in [6, 6.07) is 4.03. The van der Waals surface area contributed by atoms with Crippen molar-refractivity contribution in [1.29, 1.82) is 0 Å². The molecule has 0 saturated carbocycles. The standard InChI is InChI=1S/C9H9N7O3S/c1-15-9(11-13-14-15)20-7-3-2-5(16(18)19)4-6(7)8(10)12-17/h2-4,17H,1H3,(H2,10,12). The Morgan fingerprint density at radius 2 is 2.35 bits per heavy atom. The Kier molecular flexibility index (Phi) is 3.79. The zero-order chi connectivity index (χ0) is 14.7. The number of nitrogens with zero attached hydrogens (tertiary/aromatic N) is 6. The second-order valence-corrected chi connectivity index (χ2v) is 4.62. The summed E-state index contributed by atoms with van der Waals surface area (Å²) in [4.78, 5) is 10.7. The Labute approximate surface area is 116 Å². The van der Waals surface area contributed by atoms with Gasteiger partial charge in [-0.25, -0.2) is 4.68 Å². The van der Waals surface area contributed by atoms with E-state index in [9.17, 15) is 10.1 Å². The highest BCUT2D eigenvalue weighted by molar-refractivity contribution is 7.99. The van der Waals surface area contributed by atoms with Crippen LogP contribution in [-0.4, -0.2) is 36.2 Å². The Morgan fingerprint density at radius 1 is 1.60 bits per heavy atom. The lowest BCUT2D eigenvalue weighted by Crippen LogP contribution is -2.14. The lowest BCUT2D eigenvalue weighted by molar-refractivity contribution is -0.384. The van der Waals surface area contributed by atoms with Gasteiger partial charge in [-0.3, -0.25) is 10.1 Å². The molecule has 0 amide bonds. The third kappa shape index (κ3) is 2.66. The second kappa shape index (κ2) is 5.52. The van der Waals surface area contributed by atoms with Crippen LogP contribution >= 0.6 is 11.8 Å². The van der Waals surface area contributed by atoms with Crippen LogP contribution in [0.1, 0.15) is 5.56 Å². The highest BCUT2D eigenvalue weighted by Crippen LogP contribution is 2.30. The number of aromatic nitrogens is 4. The molecule has 3 N–H and O–H groups in total. The van der Waals surface area contributed by atoms with Crippen molar-refractivity contribution < 1.29 is 10.1 Å². The zero-order valence-corrected chi connectivity index (χ0v) is 11.0. The zero-order valence-electron chi connectivity index (χ0n) is 10.2. The van der Waals surface area contributed by atoms with Gasteiger partial charge in [-0.2, -0.15) is 0 Å². The van der Waals surface area contributed by atoms with E-state index in [0.717, 1.165) is 11.8 Å². The van der Waals surface area contributed by atoms with E-state index in [0.29, 0.717) is 10.1 Å².